The number of aromatic nitrogens is 6. The number of fused-ring (bicyclic) bond motifs is 2. The molecule has 27 heavy (non-hydrogen) atoms. The zero-order valence-corrected chi connectivity index (χ0v) is 15.6. The number of hydrogen-bond donors (Lipinski definition) is 1. The first-order chi connectivity index (χ1) is 13.1. The van der Waals surface area contributed by atoms with Crippen molar-refractivity contribution in [3.63, 3.8) is 0 Å². The molecule has 5 aromatic heterocycles. The van der Waals surface area contributed by atoms with Crippen LogP contribution >= 0.6 is 11.3 Å². The molecule has 0 amide bonds. The fraction of sp³-hybridized carbons (Fsp3) is 0.158. The largest absolute Gasteiger partial charge is 0.391 e. The van der Waals surface area contributed by atoms with Gasteiger partial charge in [0.25, 0.3) is 0 Å². The summed E-state index contributed by atoms with van der Waals surface area (Å²) in [6, 6.07) is 8.10. The van der Waals surface area contributed by atoms with Gasteiger partial charge in [0.05, 0.1) is 18.0 Å². The number of aliphatic hydroxyl groups is 1. The number of aliphatic hydroxyl groups excluding tert-OH is 1. The second-order valence-electron chi connectivity index (χ2n) is 6.42. The van der Waals surface area contributed by atoms with Crippen LogP contribution in [0, 0.1) is 0 Å². The number of aryl methyl sites for hydroxylation is 2. The van der Waals surface area contributed by atoms with E-state index in [1.165, 1.54) is 11.3 Å². The predicted octanol–water partition coefficient (Wildman–Crippen LogP) is 3.14. The first-order valence-corrected chi connectivity index (χ1v) is 9.26. The lowest BCUT2D eigenvalue weighted by atomic mass is 10.0. The average Bonchev–Trinajstić information content (AvgIpc) is 3.36. The van der Waals surface area contributed by atoms with E-state index in [9.17, 15) is 5.11 Å². The van der Waals surface area contributed by atoms with Crippen LogP contribution in [0.5, 0.6) is 0 Å². The Bertz CT molecular complexity index is 1300. The lowest BCUT2D eigenvalue weighted by molar-refractivity contribution is 0.285. The van der Waals surface area contributed by atoms with Crippen molar-refractivity contribution in [1.82, 2.24) is 29.5 Å². The maximum absolute atomic E-state index is 9.57. The van der Waals surface area contributed by atoms with Crippen LogP contribution in [0.15, 0.2) is 42.9 Å². The minimum absolute atomic E-state index is 0.00435. The lowest BCUT2D eigenvalue weighted by Gasteiger charge is -2.08. The first kappa shape index (κ1) is 16.1. The van der Waals surface area contributed by atoms with Gasteiger partial charge in [-0.05, 0) is 24.3 Å². The monoisotopic (exact) mass is 376 g/mol. The summed E-state index contributed by atoms with van der Waals surface area (Å²) in [5.74, 6) is 0. The molecule has 8 heteroatoms. The van der Waals surface area contributed by atoms with Crippen LogP contribution in [0.4, 0.5) is 0 Å². The van der Waals surface area contributed by atoms with Crippen LogP contribution in [0.1, 0.15) is 4.88 Å². The smallest absolute Gasteiger partial charge is 0.181 e. The van der Waals surface area contributed by atoms with E-state index in [-0.39, 0.29) is 6.61 Å². The SMILES string of the molecule is Cn1cc2cc(-c3cc(-c4ccnn4C)c4cc(CO)sc4n3)cnc2n1. The van der Waals surface area contributed by atoms with Gasteiger partial charge in [0, 0.05) is 59.5 Å². The number of thiophene rings is 1. The zero-order valence-electron chi connectivity index (χ0n) is 14.8. The first-order valence-electron chi connectivity index (χ1n) is 8.45. The minimum Gasteiger partial charge on any atom is -0.391 e. The van der Waals surface area contributed by atoms with Crippen LogP contribution in [0.2, 0.25) is 0 Å². The summed E-state index contributed by atoms with van der Waals surface area (Å²) in [6.07, 6.45) is 5.53. The molecular weight excluding hydrogens is 360 g/mol. The summed E-state index contributed by atoms with van der Waals surface area (Å²) >= 11 is 1.50. The van der Waals surface area contributed by atoms with Gasteiger partial charge in [0.2, 0.25) is 0 Å². The van der Waals surface area contributed by atoms with Gasteiger partial charge in [0.15, 0.2) is 5.65 Å². The summed E-state index contributed by atoms with van der Waals surface area (Å²) in [6.45, 7) is 0.00435. The summed E-state index contributed by atoms with van der Waals surface area (Å²) in [7, 11) is 3.80. The Kier molecular flexibility index (Phi) is 3.56. The van der Waals surface area contributed by atoms with E-state index in [1.54, 1.807) is 17.1 Å². The van der Waals surface area contributed by atoms with Gasteiger partial charge in [-0.15, -0.1) is 11.3 Å². The second-order valence-corrected chi connectivity index (χ2v) is 7.54. The van der Waals surface area contributed by atoms with Crippen LogP contribution in [0.3, 0.4) is 0 Å². The number of nitrogens with zero attached hydrogens (tertiary/aromatic N) is 6. The molecule has 0 unspecified atom stereocenters. The highest BCUT2D eigenvalue weighted by Gasteiger charge is 2.15. The molecule has 0 saturated heterocycles. The molecule has 0 spiro atoms. The maximum atomic E-state index is 9.57. The van der Waals surface area contributed by atoms with E-state index in [4.69, 9.17) is 4.98 Å². The summed E-state index contributed by atoms with van der Waals surface area (Å²) in [5.41, 5.74) is 4.52. The molecular formula is C19H16N6OS. The summed E-state index contributed by atoms with van der Waals surface area (Å²) < 4.78 is 3.60. The normalized spacial score (nSPS) is 11.7. The van der Waals surface area contributed by atoms with E-state index in [0.717, 1.165) is 43.0 Å². The minimum atomic E-state index is 0.00435. The third-order valence-electron chi connectivity index (χ3n) is 4.58. The van der Waals surface area contributed by atoms with E-state index < -0.39 is 0 Å². The molecule has 0 aliphatic heterocycles. The van der Waals surface area contributed by atoms with E-state index in [1.807, 2.05) is 37.1 Å². The Morgan fingerprint density at radius 2 is 2.07 bits per heavy atom. The van der Waals surface area contributed by atoms with Gasteiger partial charge in [-0.2, -0.15) is 10.2 Å². The van der Waals surface area contributed by atoms with E-state index >= 15 is 0 Å². The highest BCUT2D eigenvalue weighted by Crippen LogP contribution is 2.36. The Hall–Kier alpha value is -3.10. The molecule has 1 N–H and O–H groups in total. The molecule has 0 aromatic carbocycles. The molecule has 0 saturated carbocycles. The maximum Gasteiger partial charge on any atom is 0.181 e. The zero-order chi connectivity index (χ0) is 18.5. The van der Waals surface area contributed by atoms with Crippen LogP contribution < -0.4 is 0 Å². The van der Waals surface area contributed by atoms with Crippen molar-refractivity contribution >= 4 is 32.6 Å². The molecule has 0 radical (unpaired) electrons. The molecule has 5 heterocycles. The Morgan fingerprint density at radius 3 is 2.85 bits per heavy atom. The molecule has 5 aromatic rings. The molecule has 0 aliphatic carbocycles. The Balaban J connectivity index is 1.77. The van der Waals surface area contributed by atoms with Crippen molar-refractivity contribution in [2.45, 2.75) is 6.61 Å². The molecule has 0 aliphatic rings. The summed E-state index contributed by atoms with van der Waals surface area (Å²) in [5, 5.41) is 20.2. The van der Waals surface area contributed by atoms with Crippen molar-refractivity contribution in [2.24, 2.45) is 14.1 Å². The van der Waals surface area contributed by atoms with Crippen molar-refractivity contribution in [3.05, 3.63) is 47.7 Å². The van der Waals surface area contributed by atoms with Crippen molar-refractivity contribution < 1.29 is 5.11 Å². The number of rotatable bonds is 3. The third kappa shape index (κ3) is 2.61. The molecule has 5 rings (SSSR count). The molecule has 0 atom stereocenters. The van der Waals surface area contributed by atoms with Gasteiger partial charge in [-0.25, -0.2) is 9.97 Å². The second kappa shape index (κ2) is 5.97. The van der Waals surface area contributed by atoms with Crippen LogP contribution in [0.25, 0.3) is 43.8 Å². The number of hydrogen-bond acceptors (Lipinski definition) is 6. The van der Waals surface area contributed by atoms with E-state index in [0.29, 0.717) is 5.65 Å². The van der Waals surface area contributed by atoms with E-state index in [2.05, 4.69) is 27.3 Å². The predicted molar refractivity (Wildman–Crippen MR) is 105 cm³/mol. The molecule has 0 bridgehead atoms. The topological polar surface area (TPSA) is 81.7 Å². The molecule has 7 nitrogen and oxygen atoms in total. The Labute approximate surface area is 158 Å². The Morgan fingerprint density at radius 1 is 1.19 bits per heavy atom. The fourth-order valence-corrected chi connectivity index (χ4v) is 4.22. The summed E-state index contributed by atoms with van der Waals surface area (Å²) in [4.78, 5) is 11.1. The molecule has 0 fully saturated rings. The lowest BCUT2D eigenvalue weighted by Crippen LogP contribution is -1.95. The van der Waals surface area contributed by atoms with Crippen LogP contribution in [-0.2, 0) is 20.7 Å². The van der Waals surface area contributed by atoms with Gasteiger partial charge in [-0.1, -0.05) is 0 Å². The third-order valence-corrected chi connectivity index (χ3v) is 5.59. The number of pyridine rings is 2. The van der Waals surface area contributed by atoms with Gasteiger partial charge >= 0.3 is 0 Å². The van der Waals surface area contributed by atoms with Crippen LogP contribution in [-0.4, -0.2) is 34.6 Å². The molecule has 134 valence electrons. The quantitative estimate of drug-likeness (QED) is 0.523. The van der Waals surface area contributed by atoms with Gasteiger partial charge in [-0.3, -0.25) is 9.36 Å². The standard InChI is InChI=1S/C19H16N6OS/c1-24-9-12-5-11(8-20-18(12)23-24)16-7-14(17-3-4-21-25(17)2)15-6-13(10-26)27-19(15)22-16/h3-9,26H,10H2,1-2H3. The highest BCUT2D eigenvalue weighted by atomic mass is 32.1. The van der Waals surface area contributed by atoms with Crippen molar-refractivity contribution in [3.8, 4) is 22.5 Å². The highest BCUT2D eigenvalue weighted by molar-refractivity contribution is 7.18. The average molecular weight is 376 g/mol. The van der Waals surface area contributed by atoms with Crippen molar-refractivity contribution in [1.29, 1.82) is 0 Å². The van der Waals surface area contributed by atoms with Gasteiger partial charge < -0.3 is 5.11 Å². The van der Waals surface area contributed by atoms with Gasteiger partial charge in [0.1, 0.15) is 4.83 Å². The fourth-order valence-electron chi connectivity index (χ4n) is 3.31. The van der Waals surface area contributed by atoms with Crippen molar-refractivity contribution in [2.75, 3.05) is 0 Å².